The van der Waals surface area contributed by atoms with Gasteiger partial charge in [-0.1, -0.05) is 29.3 Å². The van der Waals surface area contributed by atoms with Crippen LogP contribution in [0.3, 0.4) is 0 Å². The van der Waals surface area contributed by atoms with Gasteiger partial charge in [0.15, 0.2) is 0 Å². The lowest BCUT2D eigenvalue weighted by atomic mass is 9.87. The largest absolute Gasteiger partial charge is 0.444 e. The summed E-state index contributed by atoms with van der Waals surface area (Å²) in [6, 6.07) is 5.69. The number of hydrogen-bond acceptors (Lipinski definition) is 3. The Kier molecular flexibility index (Phi) is 4.52. The molecule has 2 fully saturated rings. The summed E-state index contributed by atoms with van der Waals surface area (Å²) in [4.78, 5) is 14.0. The van der Waals surface area contributed by atoms with Crippen LogP contribution in [-0.4, -0.2) is 41.4 Å². The molecule has 3 rings (SSSR count). The average molecular weight is 372 g/mol. The molecule has 1 heterocycles. The van der Waals surface area contributed by atoms with E-state index in [1.807, 2.05) is 32.9 Å². The Bertz CT molecular complexity index is 644. The quantitative estimate of drug-likeness (QED) is 0.869. The Morgan fingerprint density at radius 2 is 1.92 bits per heavy atom. The molecule has 1 aliphatic carbocycles. The number of fused-ring (bicyclic) bond motifs is 1. The summed E-state index contributed by atoms with van der Waals surface area (Å²) >= 11 is 12.2. The maximum Gasteiger partial charge on any atom is 0.410 e. The molecule has 4 nitrogen and oxygen atoms in total. The molecule has 1 aromatic rings. The van der Waals surface area contributed by atoms with Gasteiger partial charge in [0.1, 0.15) is 5.60 Å². The fourth-order valence-electron chi connectivity index (χ4n) is 4.12. The Labute approximate surface area is 152 Å². The van der Waals surface area contributed by atoms with Gasteiger partial charge in [-0.25, -0.2) is 4.79 Å². The molecule has 1 amide bonds. The van der Waals surface area contributed by atoms with E-state index in [2.05, 4.69) is 0 Å². The van der Waals surface area contributed by atoms with Gasteiger partial charge in [0, 0.05) is 25.1 Å². The van der Waals surface area contributed by atoms with E-state index in [1.54, 1.807) is 11.0 Å². The number of nitrogens with zero attached hydrogens (tertiary/aromatic N) is 1. The van der Waals surface area contributed by atoms with Crippen LogP contribution >= 0.6 is 23.2 Å². The molecule has 0 radical (unpaired) electrons. The summed E-state index contributed by atoms with van der Waals surface area (Å²) in [5.74, 6) is 0.656. The van der Waals surface area contributed by atoms with Crippen LogP contribution in [0.15, 0.2) is 18.2 Å². The van der Waals surface area contributed by atoms with E-state index in [0.29, 0.717) is 41.4 Å². The second kappa shape index (κ2) is 6.08. The number of halogens is 2. The van der Waals surface area contributed by atoms with Crippen molar-refractivity contribution in [1.29, 1.82) is 0 Å². The summed E-state index contributed by atoms with van der Waals surface area (Å²) in [5.41, 5.74) is 0.502. The smallest absolute Gasteiger partial charge is 0.410 e. The lowest BCUT2D eigenvalue weighted by Gasteiger charge is -2.29. The van der Waals surface area contributed by atoms with Crippen LogP contribution in [-0.2, 0) is 10.2 Å². The van der Waals surface area contributed by atoms with Crippen LogP contribution in [0.25, 0.3) is 0 Å². The van der Waals surface area contributed by atoms with Crippen molar-refractivity contribution < 1.29 is 14.6 Å². The van der Waals surface area contributed by atoms with Crippen LogP contribution in [0, 0.1) is 11.8 Å². The molecule has 1 unspecified atom stereocenters. The molecule has 2 aliphatic rings. The summed E-state index contributed by atoms with van der Waals surface area (Å²) in [6.45, 7) is 7.02. The monoisotopic (exact) mass is 371 g/mol. The molecule has 6 heteroatoms. The van der Waals surface area contributed by atoms with E-state index in [1.165, 1.54) is 0 Å². The fourth-order valence-corrected chi connectivity index (χ4v) is 4.42. The highest BCUT2D eigenvalue weighted by atomic mass is 35.5. The van der Waals surface area contributed by atoms with Crippen molar-refractivity contribution in [1.82, 2.24) is 4.90 Å². The number of aliphatic hydroxyl groups is 1. The van der Waals surface area contributed by atoms with Crippen molar-refractivity contribution in [3.8, 4) is 0 Å². The van der Waals surface area contributed by atoms with Crippen LogP contribution in [0.4, 0.5) is 4.79 Å². The van der Waals surface area contributed by atoms with E-state index >= 15 is 0 Å². The number of piperidine rings is 1. The minimum absolute atomic E-state index is 0.110. The number of amides is 1. The Morgan fingerprint density at radius 3 is 2.42 bits per heavy atom. The number of rotatable bonds is 3. The molecule has 1 aromatic carbocycles. The van der Waals surface area contributed by atoms with Crippen molar-refractivity contribution >= 4 is 29.3 Å². The lowest BCUT2D eigenvalue weighted by Crippen LogP contribution is -2.39. The Hall–Kier alpha value is -0.970. The first-order valence-electron chi connectivity index (χ1n) is 8.23. The predicted molar refractivity (Wildman–Crippen MR) is 94.6 cm³/mol. The molecule has 0 aromatic heterocycles. The molecule has 0 spiro atoms. The molecule has 1 aliphatic heterocycles. The van der Waals surface area contributed by atoms with Crippen LogP contribution in [0.5, 0.6) is 0 Å². The Morgan fingerprint density at radius 1 is 1.29 bits per heavy atom. The zero-order chi connectivity index (χ0) is 17.7. The molecule has 3 atom stereocenters. The number of ether oxygens (including phenoxy) is 1. The normalized spacial score (nSPS) is 28.7. The van der Waals surface area contributed by atoms with Gasteiger partial charge >= 0.3 is 6.09 Å². The van der Waals surface area contributed by atoms with E-state index in [9.17, 15) is 9.90 Å². The number of carbonyl (C=O) groups is 1. The van der Waals surface area contributed by atoms with Crippen LogP contribution < -0.4 is 0 Å². The summed E-state index contributed by atoms with van der Waals surface area (Å²) in [7, 11) is 0. The first kappa shape index (κ1) is 17.8. The molecule has 24 heavy (non-hydrogen) atoms. The van der Waals surface area contributed by atoms with Gasteiger partial charge in [-0.2, -0.15) is 0 Å². The lowest BCUT2D eigenvalue weighted by molar-refractivity contribution is 0.0258. The summed E-state index contributed by atoms with van der Waals surface area (Å²) in [5, 5.41) is 10.6. The number of carbonyl (C=O) groups excluding carboxylic acids is 1. The highest BCUT2D eigenvalue weighted by Gasteiger charge is 2.68. The number of hydrogen-bond donors (Lipinski definition) is 1. The van der Waals surface area contributed by atoms with Crippen molar-refractivity contribution in [2.75, 3.05) is 19.7 Å². The Balaban J connectivity index is 1.76. The molecule has 1 N–H and O–H groups in total. The van der Waals surface area contributed by atoms with E-state index in [0.717, 1.165) is 5.56 Å². The van der Waals surface area contributed by atoms with Gasteiger partial charge in [-0.15, -0.1) is 0 Å². The SMILES string of the molecule is CC(C)(C)OC(=O)N1C[C@@H]2[C@H](C1)C2(CCO)c1ccc(Cl)c(Cl)c1. The van der Waals surface area contributed by atoms with Crippen molar-refractivity contribution in [3.05, 3.63) is 33.8 Å². The standard InChI is InChI=1S/C18H23Cl2NO3/c1-17(2,3)24-16(23)21-9-12-13(10-21)18(12,6-7-22)11-4-5-14(19)15(20)8-11/h4-5,8,12-13,22H,6-7,9-10H2,1-3H3/t12-,13+,18?. The van der Waals surface area contributed by atoms with Gasteiger partial charge < -0.3 is 14.7 Å². The molecular formula is C18H23Cl2NO3. The van der Waals surface area contributed by atoms with E-state index in [4.69, 9.17) is 27.9 Å². The first-order chi connectivity index (χ1) is 11.2. The summed E-state index contributed by atoms with van der Waals surface area (Å²) < 4.78 is 5.46. The molecule has 1 saturated heterocycles. The third-order valence-corrected chi connectivity index (χ3v) is 5.91. The minimum atomic E-state index is -0.490. The minimum Gasteiger partial charge on any atom is -0.444 e. The zero-order valence-electron chi connectivity index (χ0n) is 14.2. The van der Waals surface area contributed by atoms with Crippen LogP contribution in [0.1, 0.15) is 32.8 Å². The van der Waals surface area contributed by atoms with Gasteiger partial charge in [-0.05, 0) is 56.7 Å². The third kappa shape index (κ3) is 3.00. The maximum absolute atomic E-state index is 12.2. The van der Waals surface area contributed by atoms with E-state index in [-0.39, 0.29) is 18.1 Å². The van der Waals surface area contributed by atoms with Crippen molar-refractivity contribution in [2.45, 2.75) is 38.2 Å². The maximum atomic E-state index is 12.2. The summed E-state index contributed by atoms with van der Waals surface area (Å²) in [6.07, 6.45) is 0.407. The van der Waals surface area contributed by atoms with Gasteiger partial charge in [0.05, 0.1) is 10.0 Å². The highest BCUT2D eigenvalue weighted by molar-refractivity contribution is 6.42. The first-order valence-corrected chi connectivity index (χ1v) is 8.99. The molecule has 1 saturated carbocycles. The van der Waals surface area contributed by atoms with Gasteiger partial charge in [0.25, 0.3) is 0 Å². The van der Waals surface area contributed by atoms with E-state index < -0.39 is 5.60 Å². The topological polar surface area (TPSA) is 49.8 Å². The van der Waals surface area contributed by atoms with Gasteiger partial charge in [-0.3, -0.25) is 0 Å². The van der Waals surface area contributed by atoms with Gasteiger partial charge in [0.2, 0.25) is 0 Å². The fraction of sp³-hybridized carbons (Fsp3) is 0.611. The highest BCUT2D eigenvalue weighted by Crippen LogP contribution is 2.65. The van der Waals surface area contributed by atoms with Crippen LogP contribution in [0.2, 0.25) is 10.0 Å². The number of aliphatic hydroxyl groups excluding tert-OH is 1. The predicted octanol–water partition coefficient (Wildman–Crippen LogP) is 4.11. The zero-order valence-corrected chi connectivity index (χ0v) is 15.7. The molecule has 132 valence electrons. The van der Waals surface area contributed by atoms with Crippen molar-refractivity contribution in [3.63, 3.8) is 0 Å². The average Bonchev–Trinajstić information content (AvgIpc) is 2.87. The number of likely N-dealkylation sites (tertiary alicyclic amines) is 1. The molecular weight excluding hydrogens is 349 g/mol. The number of benzene rings is 1. The second-order valence-corrected chi connectivity index (χ2v) is 8.56. The second-order valence-electron chi connectivity index (χ2n) is 7.74. The van der Waals surface area contributed by atoms with Crippen molar-refractivity contribution in [2.24, 2.45) is 11.8 Å². The molecule has 0 bridgehead atoms. The third-order valence-electron chi connectivity index (χ3n) is 5.17.